The van der Waals surface area contributed by atoms with Gasteiger partial charge in [0.15, 0.2) is 0 Å². The van der Waals surface area contributed by atoms with Crippen LogP contribution in [0, 0.1) is 5.92 Å². The maximum absolute atomic E-state index is 5.15. The molecule has 0 unspecified atom stereocenters. The molecule has 1 atom stereocenters. The number of nitrogens with one attached hydrogen (secondary N) is 1. The quantitative estimate of drug-likeness (QED) is 0.726. The first-order valence-electron chi connectivity index (χ1n) is 6.50. The van der Waals surface area contributed by atoms with Gasteiger partial charge in [0, 0.05) is 6.04 Å². The van der Waals surface area contributed by atoms with E-state index in [1.165, 1.54) is 18.4 Å². The lowest BCUT2D eigenvalue weighted by atomic mass is 10.1. The van der Waals surface area contributed by atoms with E-state index in [1.807, 2.05) is 12.1 Å². The number of benzene rings is 1. The van der Waals surface area contributed by atoms with E-state index >= 15 is 0 Å². The van der Waals surface area contributed by atoms with E-state index < -0.39 is 0 Å². The molecule has 0 aliphatic carbocycles. The molecule has 17 heavy (non-hydrogen) atoms. The first kappa shape index (κ1) is 14.0. The van der Waals surface area contributed by atoms with E-state index in [2.05, 4.69) is 38.2 Å². The second kappa shape index (κ2) is 7.33. The monoisotopic (exact) mass is 235 g/mol. The highest BCUT2D eigenvalue weighted by atomic mass is 16.5. The summed E-state index contributed by atoms with van der Waals surface area (Å²) in [7, 11) is 1.70. The fraction of sp³-hybridized carbons (Fsp3) is 0.600. The summed E-state index contributed by atoms with van der Waals surface area (Å²) in [5.74, 6) is 1.72. The molecular weight excluding hydrogens is 210 g/mol. The van der Waals surface area contributed by atoms with Crippen LogP contribution in [0.25, 0.3) is 0 Å². The minimum Gasteiger partial charge on any atom is -0.497 e. The van der Waals surface area contributed by atoms with Crippen LogP contribution in [0.4, 0.5) is 0 Å². The van der Waals surface area contributed by atoms with Crippen LogP contribution in [-0.2, 0) is 0 Å². The molecule has 1 rings (SSSR count). The standard InChI is InChI=1S/C15H25NO/c1-12(2)6-5-11-16-13(3)14-7-9-15(17-4)10-8-14/h7-10,12-13,16H,5-6,11H2,1-4H3/t13-/m1/s1. The molecule has 2 nitrogen and oxygen atoms in total. The topological polar surface area (TPSA) is 21.3 Å². The molecule has 0 fully saturated rings. The average Bonchev–Trinajstić information content (AvgIpc) is 2.34. The first-order chi connectivity index (χ1) is 8.13. The van der Waals surface area contributed by atoms with Crippen LogP contribution >= 0.6 is 0 Å². The van der Waals surface area contributed by atoms with E-state index in [0.717, 1.165) is 18.2 Å². The van der Waals surface area contributed by atoms with Gasteiger partial charge in [-0.05, 0) is 49.9 Å². The van der Waals surface area contributed by atoms with Crippen molar-refractivity contribution in [3.05, 3.63) is 29.8 Å². The molecule has 0 radical (unpaired) electrons. The van der Waals surface area contributed by atoms with Gasteiger partial charge < -0.3 is 10.1 Å². The summed E-state index contributed by atoms with van der Waals surface area (Å²) < 4.78 is 5.15. The zero-order valence-electron chi connectivity index (χ0n) is 11.5. The predicted molar refractivity (Wildman–Crippen MR) is 73.5 cm³/mol. The Morgan fingerprint density at radius 1 is 1.12 bits per heavy atom. The van der Waals surface area contributed by atoms with Gasteiger partial charge in [0.25, 0.3) is 0 Å². The van der Waals surface area contributed by atoms with Crippen molar-refractivity contribution in [2.75, 3.05) is 13.7 Å². The summed E-state index contributed by atoms with van der Waals surface area (Å²) in [5.41, 5.74) is 1.32. The first-order valence-corrected chi connectivity index (χ1v) is 6.50. The molecule has 0 bridgehead atoms. The Morgan fingerprint density at radius 3 is 2.29 bits per heavy atom. The summed E-state index contributed by atoms with van der Waals surface area (Å²) >= 11 is 0. The largest absolute Gasteiger partial charge is 0.497 e. The van der Waals surface area contributed by atoms with Crippen molar-refractivity contribution in [2.45, 2.75) is 39.7 Å². The normalized spacial score (nSPS) is 12.8. The summed E-state index contributed by atoms with van der Waals surface area (Å²) in [5, 5.41) is 3.55. The van der Waals surface area contributed by atoms with Gasteiger partial charge >= 0.3 is 0 Å². The van der Waals surface area contributed by atoms with Gasteiger partial charge in [-0.3, -0.25) is 0 Å². The Labute approximate surface area is 105 Å². The van der Waals surface area contributed by atoms with Gasteiger partial charge in [-0.2, -0.15) is 0 Å². The summed E-state index contributed by atoms with van der Waals surface area (Å²) in [6, 6.07) is 8.69. The predicted octanol–water partition coefficient (Wildman–Crippen LogP) is 3.78. The lowest BCUT2D eigenvalue weighted by Gasteiger charge is -2.15. The number of hydrogen-bond donors (Lipinski definition) is 1. The zero-order valence-corrected chi connectivity index (χ0v) is 11.5. The van der Waals surface area contributed by atoms with Crippen LogP contribution in [0.1, 0.15) is 45.2 Å². The van der Waals surface area contributed by atoms with Crippen molar-refractivity contribution >= 4 is 0 Å². The highest BCUT2D eigenvalue weighted by molar-refractivity contribution is 5.28. The molecule has 0 saturated heterocycles. The third-order valence-electron chi connectivity index (χ3n) is 3.02. The van der Waals surface area contributed by atoms with Crippen LogP contribution in [0.5, 0.6) is 5.75 Å². The van der Waals surface area contributed by atoms with Crippen molar-refractivity contribution in [3.8, 4) is 5.75 Å². The van der Waals surface area contributed by atoms with Crippen molar-refractivity contribution < 1.29 is 4.74 Å². The highest BCUT2D eigenvalue weighted by Crippen LogP contribution is 2.17. The fourth-order valence-corrected chi connectivity index (χ4v) is 1.84. The fourth-order valence-electron chi connectivity index (χ4n) is 1.84. The molecule has 0 saturated carbocycles. The third-order valence-corrected chi connectivity index (χ3v) is 3.02. The van der Waals surface area contributed by atoms with Gasteiger partial charge in [-0.1, -0.05) is 26.0 Å². The number of hydrogen-bond acceptors (Lipinski definition) is 2. The summed E-state index contributed by atoms with van der Waals surface area (Å²) in [4.78, 5) is 0. The number of rotatable bonds is 7. The molecule has 1 aromatic carbocycles. The Bertz CT molecular complexity index is 305. The van der Waals surface area contributed by atoms with Crippen molar-refractivity contribution in [1.82, 2.24) is 5.32 Å². The van der Waals surface area contributed by atoms with Crippen LogP contribution in [0.15, 0.2) is 24.3 Å². The molecule has 0 aliphatic rings. The molecule has 0 aromatic heterocycles. The van der Waals surface area contributed by atoms with Crippen molar-refractivity contribution in [2.24, 2.45) is 5.92 Å². The van der Waals surface area contributed by atoms with Gasteiger partial charge in [-0.15, -0.1) is 0 Å². The van der Waals surface area contributed by atoms with Crippen molar-refractivity contribution in [1.29, 1.82) is 0 Å². The van der Waals surface area contributed by atoms with Crippen LogP contribution in [-0.4, -0.2) is 13.7 Å². The highest BCUT2D eigenvalue weighted by Gasteiger charge is 2.04. The summed E-state index contributed by atoms with van der Waals surface area (Å²) in [6.07, 6.45) is 2.54. The Hall–Kier alpha value is -1.02. The Kier molecular flexibility index (Phi) is 6.06. The van der Waals surface area contributed by atoms with Crippen LogP contribution in [0.2, 0.25) is 0 Å². The summed E-state index contributed by atoms with van der Waals surface area (Å²) in [6.45, 7) is 7.84. The minimum absolute atomic E-state index is 0.410. The van der Waals surface area contributed by atoms with Gasteiger partial charge in [-0.25, -0.2) is 0 Å². The maximum Gasteiger partial charge on any atom is 0.118 e. The smallest absolute Gasteiger partial charge is 0.118 e. The van der Waals surface area contributed by atoms with E-state index in [0.29, 0.717) is 6.04 Å². The maximum atomic E-state index is 5.15. The number of methoxy groups -OCH3 is 1. The average molecular weight is 235 g/mol. The van der Waals surface area contributed by atoms with Crippen LogP contribution in [0.3, 0.4) is 0 Å². The molecule has 1 N–H and O–H groups in total. The van der Waals surface area contributed by atoms with Gasteiger partial charge in [0.05, 0.1) is 7.11 Å². The molecule has 2 heteroatoms. The molecule has 0 heterocycles. The van der Waals surface area contributed by atoms with E-state index in [-0.39, 0.29) is 0 Å². The Balaban J connectivity index is 2.33. The zero-order chi connectivity index (χ0) is 12.7. The molecule has 0 amide bonds. The minimum atomic E-state index is 0.410. The second-order valence-electron chi connectivity index (χ2n) is 4.99. The lowest BCUT2D eigenvalue weighted by Crippen LogP contribution is -2.20. The number of ether oxygens (including phenoxy) is 1. The molecule has 1 aromatic rings. The second-order valence-corrected chi connectivity index (χ2v) is 4.99. The molecular formula is C15H25NO. The molecule has 0 aliphatic heterocycles. The SMILES string of the molecule is COc1ccc([C@@H](C)NCCCC(C)C)cc1. The lowest BCUT2D eigenvalue weighted by molar-refractivity contribution is 0.414. The van der Waals surface area contributed by atoms with E-state index in [1.54, 1.807) is 7.11 Å². The van der Waals surface area contributed by atoms with E-state index in [9.17, 15) is 0 Å². The Morgan fingerprint density at radius 2 is 1.76 bits per heavy atom. The van der Waals surface area contributed by atoms with Crippen molar-refractivity contribution in [3.63, 3.8) is 0 Å². The van der Waals surface area contributed by atoms with Gasteiger partial charge in [0.2, 0.25) is 0 Å². The third kappa shape index (κ3) is 5.22. The van der Waals surface area contributed by atoms with Gasteiger partial charge in [0.1, 0.15) is 5.75 Å². The molecule has 96 valence electrons. The molecule has 0 spiro atoms. The van der Waals surface area contributed by atoms with Crippen LogP contribution < -0.4 is 10.1 Å². The van der Waals surface area contributed by atoms with E-state index in [4.69, 9.17) is 4.74 Å².